The molecular weight excluding hydrogens is 236 g/mol. The molecule has 1 amide bonds. The second kappa shape index (κ2) is 5.64. The summed E-state index contributed by atoms with van der Waals surface area (Å²) < 4.78 is 0. The Balaban J connectivity index is 1.90. The van der Waals surface area contributed by atoms with E-state index in [-0.39, 0.29) is 5.91 Å². The maximum absolute atomic E-state index is 12.1. The van der Waals surface area contributed by atoms with Gasteiger partial charge in [0.25, 0.3) is 0 Å². The summed E-state index contributed by atoms with van der Waals surface area (Å²) in [5, 5.41) is 3.16. The van der Waals surface area contributed by atoms with Gasteiger partial charge in [0.1, 0.15) is 0 Å². The highest BCUT2D eigenvalue weighted by Gasteiger charge is 2.28. The third-order valence-electron chi connectivity index (χ3n) is 3.98. The number of hydrogen-bond acceptors (Lipinski definition) is 2. The standard InChI is InChI=1S/C16H24N2O/c1-16(2)9-5-7-13(11-16)18-15(19)10-12-6-3-4-8-14(12)17/h3-4,6,8,13H,5,7,9-11,17H2,1-2H3,(H,18,19). The van der Waals surface area contributed by atoms with Gasteiger partial charge in [-0.05, 0) is 36.3 Å². The summed E-state index contributed by atoms with van der Waals surface area (Å²) in [6, 6.07) is 7.89. The van der Waals surface area contributed by atoms with Crippen LogP contribution in [0.5, 0.6) is 0 Å². The first kappa shape index (κ1) is 13.9. The van der Waals surface area contributed by atoms with E-state index in [1.807, 2.05) is 24.3 Å². The molecule has 1 saturated carbocycles. The van der Waals surface area contributed by atoms with Gasteiger partial charge in [-0.25, -0.2) is 0 Å². The first-order valence-corrected chi connectivity index (χ1v) is 7.09. The van der Waals surface area contributed by atoms with E-state index >= 15 is 0 Å². The third kappa shape index (κ3) is 3.98. The van der Waals surface area contributed by atoms with Crippen molar-refractivity contribution in [2.75, 3.05) is 5.73 Å². The molecule has 3 heteroatoms. The van der Waals surface area contributed by atoms with Crippen molar-refractivity contribution in [3.8, 4) is 0 Å². The van der Waals surface area contributed by atoms with E-state index < -0.39 is 0 Å². The second-order valence-electron chi connectivity index (χ2n) is 6.40. The van der Waals surface area contributed by atoms with Crippen LogP contribution in [0.4, 0.5) is 5.69 Å². The number of rotatable bonds is 3. The van der Waals surface area contributed by atoms with Crippen molar-refractivity contribution in [3.05, 3.63) is 29.8 Å². The van der Waals surface area contributed by atoms with Crippen LogP contribution in [-0.2, 0) is 11.2 Å². The van der Waals surface area contributed by atoms with Gasteiger partial charge in [-0.3, -0.25) is 4.79 Å². The number of anilines is 1. The molecule has 0 radical (unpaired) electrons. The fourth-order valence-corrected chi connectivity index (χ4v) is 2.97. The topological polar surface area (TPSA) is 55.1 Å². The molecule has 2 rings (SSSR count). The Morgan fingerprint density at radius 2 is 2.16 bits per heavy atom. The van der Waals surface area contributed by atoms with E-state index in [2.05, 4.69) is 19.2 Å². The maximum atomic E-state index is 12.1. The molecule has 1 atom stereocenters. The zero-order valence-electron chi connectivity index (χ0n) is 11.9. The van der Waals surface area contributed by atoms with Crippen LogP contribution in [0.2, 0.25) is 0 Å². The summed E-state index contributed by atoms with van der Waals surface area (Å²) in [5.74, 6) is 0.0839. The number of carbonyl (C=O) groups excluding carboxylic acids is 1. The lowest BCUT2D eigenvalue weighted by molar-refractivity contribution is -0.121. The fraction of sp³-hybridized carbons (Fsp3) is 0.562. The zero-order chi connectivity index (χ0) is 13.9. The maximum Gasteiger partial charge on any atom is 0.224 e. The number of nitrogen functional groups attached to an aromatic ring is 1. The average Bonchev–Trinajstić information content (AvgIpc) is 2.30. The Kier molecular flexibility index (Phi) is 4.13. The number of nitrogens with two attached hydrogens (primary N) is 1. The van der Waals surface area contributed by atoms with Gasteiger partial charge < -0.3 is 11.1 Å². The van der Waals surface area contributed by atoms with Crippen LogP contribution in [0.3, 0.4) is 0 Å². The predicted molar refractivity (Wildman–Crippen MR) is 78.7 cm³/mol. The molecule has 1 unspecified atom stereocenters. The molecule has 1 aliphatic carbocycles. The quantitative estimate of drug-likeness (QED) is 0.821. The van der Waals surface area contributed by atoms with Gasteiger partial charge in [-0.1, -0.05) is 38.5 Å². The highest BCUT2D eigenvalue weighted by atomic mass is 16.1. The normalized spacial score (nSPS) is 21.9. The van der Waals surface area contributed by atoms with E-state index in [0.717, 1.165) is 18.4 Å². The molecule has 3 N–H and O–H groups in total. The second-order valence-corrected chi connectivity index (χ2v) is 6.40. The number of amides is 1. The van der Waals surface area contributed by atoms with E-state index in [1.54, 1.807) is 0 Å². The van der Waals surface area contributed by atoms with Crippen molar-refractivity contribution in [1.82, 2.24) is 5.32 Å². The van der Waals surface area contributed by atoms with Crippen LogP contribution >= 0.6 is 0 Å². The van der Waals surface area contributed by atoms with Crippen LogP contribution in [0, 0.1) is 5.41 Å². The Bertz CT molecular complexity index is 454. The molecule has 1 fully saturated rings. The third-order valence-corrected chi connectivity index (χ3v) is 3.98. The number of nitrogens with one attached hydrogen (secondary N) is 1. The van der Waals surface area contributed by atoms with E-state index in [4.69, 9.17) is 5.73 Å². The molecular formula is C16H24N2O. The lowest BCUT2D eigenvalue weighted by Gasteiger charge is -2.35. The van der Waals surface area contributed by atoms with Crippen molar-refractivity contribution in [1.29, 1.82) is 0 Å². The lowest BCUT2D eigenvalue weighted by atomic mass is 9.75. The summed E-state index contributed by atoms with van der Waals surface area (Å²) in [5.41, 5.74) is 7.82. The fourth-order valence-electron chi connectivity index (χ4n) is 2.97. The Hall–Kier alpha value is -1.51. The molecule has 0 saturated heterocycles. The lowest BCUT2D eigenvalue weighted by Crippen LogP contribution is -2.41. The Morgan fingerprint density at radius 3 is 2.84 bits per heavy atom. The van der Waals surface area contributed by atoms with Crippen molar-refractivity contribution in [2.24, 2.45) is 5.41 Å². The number of hydrogen-bond donors (Lipinski definition) is 2. The van der Waals surface area contributed by atoms with Gasteiger partial charge in [0.15, 0.2) is 0 Å². The molecule has 0 heterocycles. The molecule has 0 bridgehead atoms. The molecule has 1 aromatic rings. The van der Waals surface area contributed by atoms with Gasteiger partial charge in [0, 0.05) is 11.7 Å². The van der Waals surface area contributed by atoms with Gasteiger partial charge in [0.2, 0.25) is 5.91 Å². The summed E-state index contributed by atoms with van der Waals surface area (Å²) in [6.07, 6.45) is 5.00. The summed E-state index contributed by atoms with van der Waals surface area (Å²) in [4.78, 5) is 12.1. The van der Waals surface area contributed by atoms with Crippen LogP contribution in [0.1, 0.15) is 45.1 Å². The minimum atomic E-state index is 0.0839. The first-order valence-electron chi connectivity index (χ1n) is 7.09. The molecule has 19 heavy (non-hydrogen) atoms. The van der Waals surface area contributed by atoms with E-state index in [0.29, 0.717) is 23.6 Å². The van der Waals surface area contributed by atoms with Crippen molar-refractivity contribution in [2.45, 2.75) is 52.0 Å². The summed E-state index contributed by atoms with van der Waals surface area (Å²) in [7, 11) is 0. The van der Waals surface area contributed by atoms with E-state index in [1.165, 1.54) is 12.8 Å². The monoisotopic (exact) mass is 260 g/mol. The number of para-hydroxylation sites is 1. The highest BCUT2D eigenvalue weighted by Crippen LogP contribution is 2.35. The van der Waals surface area contributed by atoms with Crippen LogP contribution in [-0.4, -0.2) is 11.9 Å². The highest BCUT2D eigenvalue weighted by molar-refractivity contribution is 5.80. The Labute approximate surface area is 115 Å². The number of carbonyl (C=O) groups is 1. The molecule has 3 nitrogen and oxygen atoms in total. The largest absolute Gasteiger partial charge is 0.398 e. The zero-order valence-corrected chi connectivity index (χ0v) is 11.9. The molecule has 1 aromatic carbocycles. The van der Waals surface area contributed by atoms with Gasteiger partial charge in [0.05, 0.1) is 6.42 Å². The van der Waals surface area contributed by atoms with Crippen LogP contribution < -0.4 is 11.1 Å². The molecule has 1 aliphatic rings. The number of benzene rings is 1. The van der Waals surface area contributed by atoms with E-state index in [9.17, 15) is 4.79 Å². The molecule has 0 aliphatic heterocycles. The minimum absolute atomic E-state index is 0.0839. The SMILES string of the molecule is CC1(C)CCCC(NC(=O)Cc2ccccc2N)C1. The van der Waals surface area contributed by atoms with Crippen LogP contribution in [0.15, 0.2) is 24.3 Å². The molecule has 104 valence electrons. The van der Waals surface area contributed by atoms with Gasteiger partial charge in [-0.15, -0.1) is 0 Å². The molecule has 0 aromatic heterocycles. The predicted octanol–water partition coefficient (Wildman–Crippen LogP) is 2.90. The summed E-state index contributed by atoms with van der Waals surface area (Å²) >= 11 is 0. The van der Waals surface area contributed by atoms with Crippen molar-refractivity contribution >= 4 is 11.6 Å². The van der Waals surface area contributed by atoms with Gasteiger partial charge >= 0.3 is 0 Å². The minimum Gasteiger partial charge on any atom is -0.398 e. The average molecular weight is 260 g/mol. The van der Waals surface area contributed by atoms with Crippen LogP contribution in [0.25, 0.3) is 0 Å². The van der Waals surface area contributed by atoms with Gasteiger partial charge in [-0.2, -0.15) is 0 Å². The first-order chi connectivity index (χ1) is 8.96. The smallest absolute Gasteiger partial charge is 0.224 e. The molecule has 0 spiro atoms. The van der Waals surface area contributed by atoms with Crippen molar-refractivity contribution in [3.63, 3.8) is 0 Å². The Morgan fingerprint density at radius 1 is 1.42 bits per heavy atom. The van der Waals surface area contributed by atoms with Crippen molar-refractivity contribution < 1.29 is 4.79 Å². The summed E-state index contributed by atoms with van der Waals surface area (Å²) in [6.45, 7) is 4.56.